The maximum atomic E-state index is 5.91. The van der Waals surface area contributed by atoms with Crippen LogP contribution in [-0.4, -0.2) is 6.61 Å². The molecule has 1 aromatic carbocycles. The Bertz CT molecular complexity index is 350. The monoisotopic (exact) mass is 221 g/mol. The minimum atomic E-state index is 0.0665. The topological polar surface area (TPSA) is 35.2 Å². The Hall–Kier alpha value is -1.02. The highest BCUT2D eigenvalue weighted by molar-refractivity contribution is 5.42. The molecule has 16 heavy (non-hydrogen) atoms. The van der Waals surface area contributed by atoms with E-state index in [2.05, 4.69) is 26.8 Å². The summed E-state index contributed by atoms with van der Waals surface area (Å²) < 4.78 is 5.66. The summed E-state index contributed by atoms with van der Waals surface area (Å²) in [5.74, 6) is 0.972. The van der Waals surface area contributed by atoms with E-state index in [1.807, 2.05) is 26.0 Å². The normalized spacial score (nSPS) is 13.6. The van der Waals surface area contributed by atoms with Crippen LogP contribution >= 0.6 is 0 Å². The van der Waals surface area contributed by atoms with Crippen LogP contribution in [0.5, 0.6) is 5.75 Å². The summed E-state index contributed by atoms with van der Waals surface area (Å²) in [5.41, 5.74) is 8.37. The number of hydrogen-bond donors (Lipinski definition) is 1. The molecule has 2 N–H and O–H groups in total. The van der Waals surface area contributed by atoms with E-state index in [-0.39, 0.29) is 11.5 Å². The first-order chi connectivity index (χ1) is 7.36. The fourth-order valence-corrected chi connectivity index (χ4v) is 1.70. The van der Waals surface area contributed by atoms with Crippen LogP contribution in [0, 0.1) is 0 Å². The lowest BCUT2D eigenvalue weighted by molar-refractivity contribution is 0.329. The molecule has 1 atom stereocenters. The van der Waals surface area contributed by atoms with Gasteiger partial charge in [0.05, 0.1) is 6.61 Å². The minimum Gasteiger partial charge on any atom is -0.494 e. The number of benzene rings is 1. The molecule has 2 nitrogen and oxygen atoms in total. The van der Waals surface area contributed by atoms with E-state index in [1.54, 1.807) is 0 Å². The van der Waals surface area contributed by atoms with Gasteiger partial charge in [0.1, 0.15) is 5.75 Å². The van der Waals surface area contributed by atoms with Gasteiger partial charge in [-0.25, -0.2) is 0 Å². The van der Waals surface area contributed by atoms with Gasteiger partial charge in [-0.3, -0.25) is 0 Å². The van der Waals surface area contributed by atoms with Gasteiger partial charge in [-0.15, -0.1) is 0 Å². The molecule has 0 fully saturated rings. The van der Waals surface area contributed by atoms with E-state index >= 15 is 0 Å². The van der Waals surface area contributed by atoms with Crippen LogP contribution in [0.1, 0.15) is 51.8 Å². The lowest BCUT2D eigenvalue weighted by atomic mass is 9.84. The number of nitrogens with two attached hydrogens (primary N) is 1. The molecule has 0 amide bonds. The van der Waals surface area contributed by atoms with Crippen molar-refractivity contribution < 1.29 is 4.74 Å². The highest BCUT2D eigenvalue weighted by Gasteiger charge is 2.19. The van der Waals surface area contributed by atoms with Crippen molar-refractivity contribution >= 4 is 0 Å². The van der Waals surface area contributed by atoms with Crippen molar-refractivity contribution in [1.29, 1.82) is 0 Å². The molecule has 0 heterocycles. The Morgan fingerprint density at radius 2 is 1.94 bits per heavy atom. The zero-order valence-electron chi connectivity index (χ0n) is 11.0. The maximum absolute atomic E-state index is 5.91. The molecular weight excluding hydrogens is 198 g/mol. The third-order valence-electron chi connectivity index (χ3n) is 2.64. The van der Waals surface area contributed by atoms with Crippen LogP contribution in [0.2, 0.25) is 0 Å². The Kier molecular flexibility index (Phi) is 3.98. The molecule has 1 aromatic rings. The van der Waals surface area contributed by atoms with Crippen LogP contribution < -0.4 is 10.5 Å². The largest absolute Gasteiger partial charge is 0.494 e. The minimum absolute atomic E-state index is 0.0665. The summed E-state index contributed by atoms with van der Waals surface area (Å²) in [6.45, 7) is 11.3. The second-order valence-corrected chi connectivity index (χ2v) is 5.23. The van der Waals surface area contributed by atoms with Crippen molar-refractivity contribution in [2.75, 3.05) is 6.61 Å². The van der Waals surface area contributed by atoms with Gasteiger partial charge in [0, 0.05) is 6.04 Å². The summed E-state index contributed by atoms with van der Waals surface area (Å²) in [4.78, 5) is 0. The first-order valence-electron chi connectivity index (χ1n) is 5.89. The zero-order chi connectivity index (χ0) is 12.3. The van der Waals surface area contributed by atoms with Crippen molar-refractivity contribution in [2.24, 2.45) is 5.73 Å². The molecule has 2 heteroatoms. The second-order valence-electron chi connectivity index (χ2n) is 5.23. The fraction of sp³-hybridized carbons (Fsp3) is 0.571. The third kappa shape index (κ3) is 2.99. The molecule has 0 radical (unpaired) electrons. The molecule has 0 aliphatic heterocycles. The number of rotatable bonds is 3. The standard InChI is InChI=1S/C14H23NO/c1-6-16-13-8-7-11(10(2)15)9-12(13)14(3,4)5/h7-10H,6,15H2,1-5H3. The molecule has 1 rings (SSSR count). The van der Waals surface area contributed by atoms with Gasteiger partial charge in [-0.1, -0.05) is 32.9 Å². The first-order valence-corrected chi connectivity index (χ1v) is 5.89. The van der Waals surface area contributed by atoms with Crippen molar-refractivity contribution in [3.05, 3.63) is 29.3 Å². The SMILES string of the molecule is CCOc1ccc(C(C)N)cc1C(C)(C)C. The van der Waals surface area contributed by atoms with Crippen LogP contribution in [0.3, 0.4) is 0 Å². The van der Waals surface area contributed by atoms with Gasteiger partial charge >= 0.3 is 0 Å². The Morgan fingerprint density at radius 1 is 1.31 bits per heavy atom. The summed E-state index contributed by atoms with van der Waals surface area (Å²) in [6, 6.07) is 6.31. The van der Waals surface area contributed by atoms with E-state index < -0.39 is 0 Å². The molecule has 0 aromatic heterocycles. The predicted molar refractivity (Wildman–Crippen MR) is 68.9 cm³/mol. The van der Waals surface area contributed by atoms with Crippen molar-refractivity contribution in [2.45, 2.75) is 46.1 Å². The lowest BCUT2D eigenvalue weighted by Crippen LogP contribution is -2.15. The number of hydrogen-bond acceptors (Lipinski definition) is 2. The van der Waals surface area contributed by atoms with Gasteiger partial charge in [-0.2, -0.15) is 0 Å². The molecule has 90 valence electrons. The molecule has 0 spiro atoms. The Labute approximate surface area is 98.8 Å². The quantitative estimate of drug-likeness (QED) is 0.849. The molecule has 0 aliphatic rings. The zero-order valence-corrected chi connectivity index (χ0v) is 11.0. The highest BCUT2D eigenvalue weighted by atomic mass is 16.5. The maximum Gasteiger partial charge on any atom is 0.123 e. The molecule has 0 bridgehead atoms. The van der Waals surface area contributed by atoms with E-state index in [0.29, 0.717) is 6.61 Å². The van der Waals surface area contributed by atoms with Gasteiger partial charge in [0.15, 0.2) is 0 Å². The van der Waals surface area contributed by atoms with Crippen LogP contribution in [-0.2, 0) is 5.41 Å². The van der Waals surface area contributed by atoms with Crippen LogP contribution in [0.4, 0.5) is 0 Å². The van der Waals surface area contributed by atoms with E-state index in [9.17, 15) is 0 Å². The van der Waals surface area contributed by atoms with Gasteiger partial charge in [0.2, 0.25) is 0 Å². The summed E-state index contributed by atoms with van der Waals surface area (Å²) in [6.07, 6.45) is 0. The summed E-state index contributed by atoms with van der Waals surface area (Å²) in [7, 11) is 0. The van der Waals surface area contributed by atoms with Gasteiger partial charge < -0.3 is 10.5 Å². The summed E-state index contributed by atoms with van der Waals surface area (Å²) >= 11 is 0. The molecule has 1 unspecified atom stereocenters. The molecule has 0 saturated carbocycles. The van der Waals surface area contributed by atoms with E-state index in [4.69, 9.17) is 10.5 Å². The van der Waals surface area contributed by atoms with Gasteiger partial charge in [0.25, 0.3) is 0 Å². The van der Waals surface area contributed by atoms with Crippen LogP contribution in [0.15, 0.2) is 18.2 Å². The number of ether oxygens (including phenoxy) is 1. The first kappa shape index (κ1) is 13.0. The third-order valence-corrected chi connectivity index (χ3v) is 2.64. The van der Waals surface area contributed by atoms with Crippen molar-refractivity contribution in [3.8, 4) is 5.75 Å². The molecule has 0 saturated heterocycles. The lowest BCUT2D eigenvalue weighted by Gasteiger charge is -2.24. The Balaban J connectivity index is 3.21. The highest BCUT2D eigenvalue weighted by Crippen LogP contribution is 2.33. The second kappa shape index (κ2) is 4.88. The predicted octanol–water partition coefficient (Wildman–Crippen LogP) is 3.40. The Morgan fingerprint density at radius 3 is 2.38 bits per heavy atom. The average molecular weight is 221 g/mol. The van der Waals surface area contributed by atoms with Crippen molar-refractivity contribution in [1.82, 2.24) is 0 Å². The van der Waals surface area contributed by atoms with E-state index in [1.165, 1.54) is 5.56 Å². The fourth-order valence-electron chi connectivity index (χ4n) is 1.70. The van der Waals surface area contributed by atoms with Crippen molar-refractivity contribution in [3.63, 3.8) is 0 Å². The van der Waals surface area contributed by atoms with Crippen LogP contribution in [0.25, 0.3) is 0 Å². The smallest absolute Gasteiger partial charge is 0.123 e. The van der Waals surface area contributed by atoms with E-state index in [0.717, 1.165) is 11.3 Å². The molecule has 0 aliphatic carbocycles. The molecular formula is C14H23NO. The average Bonchev–Trinajstić information content (AvgIpc) is 2.16. The summed E-state index contributed by atoms with van der Waals surface area (Å²) in [5, 5.41) is 0. The van der Waals surface area contributed by atoms with Gasteiger partial charge in [-0.05, 0) is 36.5 Å².